The molecular weight excluding hydrogens is 326 g/mol. The van der Waals surface area contributed by atoms with Crippen molar-refractivity contribution in [3.05, 3.63) is 45.8 Å². The summed E-state index contributed by atoms with van der Waals surface area (Å²) in [4.78, 5) is 22.6. The number of nitrogens with one attached hydrogen (secondary N) is 1. The molecule has 10 nitrogen and oxygen atoms in total. The molecule has 0 saturated carbocycles. The maximum atomic E-state index is 12.1. The lowest BCUT2D eigenvalue weighted by Crippen LogP contribution is -2.31. The van der Waals surface area contributed by atoms with Gasteiger partial charge in [-0.15, -0.1) is 5.10 Å². The molecule has 0 atom stereocenters. The van der Waals surface area contributed by atoms with Crippen LogP contribution in [-0.2, 0) is 17.9 Å². The third-order valence-corrected chi connectivity index (χ3v) is 3.89. The summed E-state index contributed by atoms with van der Waals surface area (Å²) >= 11 is 0. The minimum atomic E-state index is -0.442. The average molecular weight is 343 g/mol. The van der Waals surface area contributed by atoms with Crippen LogP contribution in [-0.4, -0.2) is 42.1 Å². The van der Waals surface area contributed by atoms with Gasteiger partial charge in [0, 0.05) is 6.54 Å². The molecule has 0 saturated heterocycles. The predicted octanol–water partition coefficient (Wildman–Crippen LogP) is 0.969. The number of aryl methyl sites for hydroxylation is 1. The first kappa shape index (κ1) is 16.6. The molecule has 1 amide bonds. The summed E-state index contributed by atoms with van der Waals surface area (Å²) in [7, 11) is 0. The molecule has 0 unspecified atom stereocenters. The van der Waals surface area contributed by atoms with Crippen molar-refractivity contribution in [3.8, 4) is 0 Å². The van der Waals surface area contributed by atoms with Crippen molar-refractivity contribution < 1.29 is 9.72 Å². The highest BCUT2D eigenvalue weighted by Gasteiger charge is 2.21. The van der Waals surface area contributed by atoms with Gasteiger partial charge in [-0.2, -0.15) is 5.10 Å². The molecule has 10 heteroatoms. The number of hydrogen-bond donors (Lipinski definition) is 1. The Morgan fingerprint density at radius 1 is 1.28 bits per heavy atom. The van der Waals surface area contributed by atoms with Crippen LogP contribution in [0.4, 0.5) is 5.69 Å². The largest absolute Gasteiger partial charge is 0.353 e. The van der Waals surface area contributed by atoms with E-state index in [2.05, 4.69) is 20.7 Å². The summed E-state index contributed by atoms with van der Waals surface area (Å²) in [5.74, 6) is -0.216. The zero-order valence-corrected chi connectivity index (χ0v) is 13.8. The van der Waals surface area contributed by atoms with E-state index in [0.717, 1.165) is 11.0 Å². The first-order chi connectivity index (χ1) is 12.0. The molecule has 0 spiro atoms. The SMILES string of the molecule is Cc1nn(CCNC(=O)Cn2nnc3ccccc32)c(C)c1[N+](=O)[O-]. The summed E-state index contributed by atoms with van der Waals surface area (Å²) in [6, 6.07) is 7.38. The highest BCUT2D eigenvalue weighted by molar-refractivity contribution is 5.79. The van der Waals surface area contributed by atoms with Crippen molar-refractivity contribution >= 4 is 22.6 Å². The van der Waals surface area contributed by atoms with E-state index in [1.165, 1.54) is 9.36 Å². The van der Waals surface area contributed by atoms with Crippen LogP contribution in [0.2, 0.25) is 0 Å². The number of aromatic nitrogens is 5. The van der Waals surface area contributed by atoms with Gasteiger partial charge in [0.15, 0.2) is 0 Å². The van der Waals surface area contributed by atoms with Crippen LogP contribution in [0.3, 0.4) is 0 Å². The van der Waals surface area contributed by atoms with Crippen molar-refractivity contribution in [2.75, 3.05) is 6.54 Å². The molecule has 25 heavy (non-hydrogen) atoms. The van der Waals surface area contributed by atoms with Crippen LogP contribution in [0, 0.1) is 24.0 Å². The molecule has 0 aliphatic heterocycles. The van der Waals surface area contributed by atoms with Gasteiger partial charge in [0.25, 0.3) is 0 Å². The lowest BCUT2D eigenvalue weighted by molar-refractivity contribution is -0.386. The minimum absolute atomic E-state index is 0.0143. The molecule has 2 heterocycles. The number of amides is 1. The van der Waals surface area contributed by atoms with Gasteiger partial charge >= 0.3 is 5.69 Å². The standard InChI is InChI=1S/C15H17N7O3/c1-10-15(22(24)25)11(2)20(18-10)8-7-16-14(23)9-21-13-6-4-3-5-12(13)17-19-21/h3-6H,7-9H2,1-2H3,(H,16,23). The number of nitrogens with zero attached hydrogens (tertiary/aromatic N) is 6. The molecule has 0 aliphatic carbocycles. The third-order valence-electron chi connectivity index (χ3n) is 3.89. The molecular formula is C15H17N7O3. The Bertz CT molecular complexity index is 944. The number of carbonyl (C=O) groups is 1. The average Bonchev–Trinajstić information content (AvgIpc) is 3.09. The molecule has 0 bridgehead atoms. The number of para-hydroxylation sites is 1. The van der Waals surface area contributed by atoms with Crippen LogP contribution in [0.15, 0.2) is 24.3 Å². The molecule has 0 radical (unpaired) electrons. The lowest BCUT2D eigenvalue weighted by Gasteiger charge is -2.07. The van der Waals surface area contributed by atoms with Gasteiger partial charge in [0.2, 0.25) is 5.91 Å². The van der Waals surface area contributed by atoms with Gasteiger partial charge < -0.3 is 5.32 Å². The van der Waals surface area contributed by atoms with Crippen LogP contribution >= 0.6 is 0 Å². The van der Waals surface area contributed by atoms with Gasteiger partial charge in [-0.1, -0.05) is 17.3 Å². The molecule has 130 valence electrons. The Morgan fingerprint density at radius 2 is 2.04 bits per heavy atom. The monoisotopic (exact) mass is 343 g/mol. The van der Waals surface area contributed by atoms with E-state index in [1.807, 2.05) is 24.3 Å². The molecule has 3 rings (SSSR count). The van der Waals surface area contributed by atoms with Crippen molar-refractivity contribution in [2.24, 2.45) is 0 Å². The Hall–Kier alpha value is -3.30. The second-order valence-corrected chi connectivity index (χ2v) is 5.59. The number of carbonyl (C=O) groups excluding carboxylic acids is 1. The molecule has 1 aromatic carbocycles. The Labute approximate surface area is 142 Å². The van der Waals surface area contributed by atoms with Crippen LogP contribution in [0.25, 0.3) is 11.0 Å². The van der Waals surface area contributed by atoms with Crippen molar-refractivity contribution in [3.63, 3.8) is 0 Å². The van der Waals surface area contributed by atoms with E-state index in [-0.39, 0.29) is 18.1 Å². The van der Waals surface area contributed by atoms with E-state index >= 15 is 0 Å². The van der Waals surface area contributed by atoms with E-state index in [1.54, 1.807) is 13.8 Å². The van der Waals surface area contributed by atoms with Gasteiger partial charge in [-0.05, 0) is 26.0 Å². The second-order valence-electron chi connectivity index (χ2n) is 5.59. The Kier molecular flexibility index (Phi) is 4.42. The van der Waals surface area contributed by atoms with Crippen molar-refractivity contribution in [2.45, 2.75) is 26.9 Å². The summed E-state index contributed by atoms with van der Waals surface area (Å²) < 4.78 is 3.05. The molecule has 3 aromatic rings. The minimum Gasteiger partial charge on any atom is -0.353 e. The highest BCUT2D eigenvalue weighted by atomic mass is 16.6. The van der Waals surface area contributed by atoms with Gasteiger partial charge in [0.1, 0.15) is 23.4 Å². The van der Waals surface area contributed by atoms with E-state index in [9.17, 15) is 14.9 Å². The van der Waals surface area contributed by atoms with Crippen molar-refractivity contribution in [1.82, 2.24) is 30.1 Å². The van der Waals surface area contributed by atoms with E-state index in [4.69, 9.17) is 0 Å². The summed E-state index contributed by atoms with van der Waals surface area (Å²) in [5, 5.41) is 25.9. The predicted molar refractivity (Wildman–Crippen MR) is 88.9 cm³/mol. The lowest BCUT2D eigenvalue weighted by atomic mass is 10.3. The van der Waals surface area contributed by atoms with Gasteiger partial charge in [-0.25, -0.2) is 4.68 Å². The topological polar surface area (TPSA) is 121 Å². The summed E-state index contributed by atoms with van der Waals surface area (Å²) in [6.07, 6.45) is 0. The fraction of sp³-hybridized carbons (Fsp3) is 0.333. The van der Waals surface area contributed by atoms with Gasteiger partial charge in [0.05, 0.1) is 17.0 Å². The Balaban J connectivity index is 1.58. The van der Waals surface area contributed by atoms with Crippen LogP contribution < -0.4 is 5.32 Å². The quantitative estimate of drug-likeness (QED) is 0.526. The zero-order valence-electron chi connectivity index (χ0n) is 13.8. The highest BCUT2D eigenvalue weighted by Crippen LogP contribution is 2.21. The van der Waals surface area contributed by atoms with Crippen molar-refractivity contribution in [1.29, 1.82) is 0 Å². The van der Waals surface area contributed by atoms with E-state index < -0.39 is 4.92 Å². The zero-order chi connectivity index (χ0) is 18.0. The summed E-state index contributed by atoms with van der Waals surface area (Å²) in [6.45, 7) is 3.95. The normalized spacial score (nSPS) is 11.0. The molecule has 1 N–H and O–H groups in total. The molecule has 2 aromatic heterocycles. The first-order valence-corrected chi connectivity index (χ1v) is 7.70. The number of fused-ring (bicyclic) bond motifs is 1. The smallest absolute Gasteiger partial charge is 0.312 e. The Morgan fingerprint density at radius 3 is 2.76 bits per heavy atom. The van der Waals surface area contributed by atoms with Gasteiger partial charge in [-0.3, -0.25) is 19.6 Å². The van der Waals surface area contributed by atoms with Crippen LogP contribution in [0.5, 0.6) is 0 Å². The summed E-state index contributed by atoms with van der Waals surface area (Å²) in [5.41, 5.74) is 2.36. The molecule has 0 aliphatic rings. The maximum Gasteiger partial charge on any atom is 0.312 e. The second kappa shape index (κ2) is 6.67. The molecule has 0 fully saturated rings. The number of hydrogen-bond acceptors (Lipinski definition) is 6. The fourth-order valence-corrected chi connectivity index (χ4v) is 2.70. The van der Waals surface area contributed by atoms with Crippen LogP contribution in [0.1, 0.15) is 11.4 Å². The number of nitro groups is 1. The van der Waals surface area contributed by atoms with E-state index in [0.29, 0.717) is 24.5 Å². The number of benzene rings is 1. The maximum absolute atomic E-state index is 12.1. The first-order valence-electron chi connectivity index (χ1n) is 7.70. The number of rotatable bonds is 6. The third kappa shape index (κ3) is 3.32. The fourth-order valence-electron chi connectivity index (χ4n) is 2.70.